The molecule has 4 rings (SSSR count). The van der Waals surface area contributed by atoms with Gasteiger partial charge in [0.05, 0.1) is 0 Å². The molecule has 0 spiro atoms. The summed E-state index contributed by atoms with van der Waals surface area (Å²) in [7, 11) is 1.61. The van der Waals surface area contributed by atoms with Gasteiger partial charge in [-0.15, -0.1) is 11.8 Å². The second-order valence-corrected chi connectivity index (χ2v) is 6.88. The van der Waals surface area contributed by atoms with Gasteiger partial charge in [-0.05, 0) is 11.6 Å². The van der Waals surface area contributed by atoms with Crippen LogP contribution < -0.4 is 5.32 Å². The van der Waals surface area contributed by atoms with E-state index in [-0.39, 0.29) is 11.8 Å². The van der Waals surface area contributed by atoms with Crippen molar-refractivity contribution in [3.63, 3.8) is 0 Å². The number of nitrogens with zero attached hydrogens (tertiary/aromatic N) is 1. The average Bonchev–Trinajstić information content (AvgIpc) is 3.12. The Balaban J connectivity index is 1.96. The molecule has 0 radical (unpaired) electrons. The summed E-state index contributed by atoms with van der Waals surface area (Å²) in [5, 5.41) is 2.69. The molecule has 0 saturated carbocycles. The predicted molar refractivity (Wildman–Crippen MR) is 90.1 cm³/mol. The molecule has 116 valence electrons. The van der Waals surface area contributed by atoms with Gasteiger partial charge in [-0.2, -0.15) is 0 Å². The van der Waals surface area contributed by atoms with Crippen LogP contribution in [-0.2, 0) is 9.67 Å². The van der Waals surface area contributed by atoms with Crippen LogP contribution in [0.25, 0.3) is 0 Å². The van der Waals surface area contributed by atoms with Crippen molar-refractivity contribution in [1.82, 2.24) is 10.2 Å². The number of amides is 2. The third-order valence-electron chi connectivity index (χ3n) is 4.56. The van der Waals surface area contributed by atoms with Crippen LogP contribution in [0.1, 0.15) is 21.5 Å². The molecule has 1 N–H and O–H groups in total. The maximum absolute atomic E-state index is 13.0. The molecule has 0 aromatic heterocycles. The molecule has 4 nitrogen and oxygen atoms in total. The lowest BCUT2D eigenvalue weighted by Gasteiger charge is -2.34. The fourth-order valence-electron chi connectivity index (χ4n) is 3.55. The summed E-state index contributed by atoms with van der Waals surface area (Å²) in [6.45, 7) is 0. The van der Waals surface area contributed by atoms with Crippen LogP contribution in [0.15, 0.2) is 54.6 Å². The third-order valence-corrected chi connectivity index (χ3v) is 6.11. The summed E-state index contributed by atoms with van der Waals surface area (Å²) in [6, 6.07) is 17.2. The molecule has 2 unspecified atom stereocenters. The highest BCUT2D eigenvalue weighted by molar-refractivity contribution is 8.00. The molecule has 2 aliphatic heterocycles. The minimum Gasteiger partial charge on any atom is -0.357 e. The van der Waals surface area contributed by atoms with Crippen molar-refractivity contribution in [3.05, 3.63) is 71.3 Å². The van der Waals surface area contributed by atoms with Crippen LogP contribution >= 0.6 is 11.8 Å². The Morgan fingerprint density at radius 1 is 1.17 bits per heavy atom. The first-order valence-electron chi connectivity index (χ1n) is 7.54. The molecule has 1 saturated heterocycles. The molecule has 2 heterocycles. The number of carbonyl (C=O) groups is 2. The number of hydrogen-bond acceptors (Lipinski definition) is 3. The van der Waals surface area contributed by atoms with E-state index in [0.717, 1.165) is 11.1 Å². The number of carbonyl (C=O) groups excluding carboxylic acids is 2. The highest BCUT2D eigenvalue weighted by atomic mass is 32.2. The third kappa shape index (κ3) is 1.80. The Labute approximate surface area is 138 Å². The van der Waals surface area contributed by atoms with Crippen LogP contribution in [0.2, 0.25) is 0 Å². The molecular formula is C18H16N2O2S. The van der Waals surface area contributed by atoms with Gasteiger partial charge in [-0.1, -0.05) is 48.5 Å². The lowest BCUT2D eigenvalue weighted by molar-refractivity contribution is -0.124. The van der Waals surface area contributed by atoms with E-state index in [9.17, 15) is 9.59 Å². The van der Waals surface area contributed by atoms with E-state index in [0.29, 0.717) is 11.3 Å². The van der Waals surface area contributed by atoms with Crippen LogP contribution in [-0.4, -0.2) is 35.6 Å². The van der Waals surface area contributed by atoms with E-state index < -0.39 is 10.9 Å². The van der Waals surface area contributed by atoms with E-state index in [2.05, 4.69) is 5.32 Å². The van der Waals surface area contributed by atoms with Crippen molar-refractivity contribution in [3.8, 4) is 0 Å². The van der Waals surface area contributed by atoms with E-state index in [4.69, 9.17) is 0 Å². The molecule has 2 aliphatic rings. The second kappa shape index (κ2) is 5.13. The molecule has 23 heavy (non-hydrogen) atoms. The number of likely N-dealkylation sites (N-methyl/N-ethyl adjacent to an activating group) is 1. The minimum atomic E-state index is -0.605. The summed E-state index contributed by atoms with van der Waals surface area (Å²) in [6.07, 6.45) is 0. The molecule has 2 aromatic rings. The summed E-state index contributed by atoms with van der Waals surface area (Å²) >= 11 is 1.66. The highest BCUT2D eigenvalue weighted by Crippen LogP contribution is 2.57. The standard InChI is InChI=1S/C18H16N2O2S/c1-19-16(21)15-11-23-18(12-7-3-2-4-8-12)14-10-6-5-9-13(14)17(22)20(15)18/h2-10,15H,11H2,1H3,(H,19,21). The number of fused-ring (bicyclic) bond motifs is 3. The van der Waals surface area contributed by atoms with Crippen molar-refractivity contribution in [2.75, 3.05) is 12.8 Å². The van der Waals surface area contributed by atoms with Crippen molar-refractivity contribution in [2.45, 2.75) is 10.9 Å². The summed E-state index contributed by atoms with van der Waals surface area (Å²) in [4.78, 5) is 26.5. The maximum Gasteiger partial charge on any atom is 0.256 e. The Morgan fingerprint density at radius 2 is 1.87 bits per heavy atom. The van der Waals surface area contributed by atoms with Gasteiger partial charge in [0, 0.05) is 23.9 Å². The molecule has 2 aromatic carbocycles. The van der Waals surface area contributed by atoms with E-state index >= 15 is 0 Å². The van der Waals surface area contributed by atoms with Crippen molar-refractivity contribution in [2.24, 2.45) is 0 Å². The van der Waals surface area contributed by atoms with Gasteiger partial charge >= 0.3 is 0 Å². The number of benzene rings is 2. The van der Waals surface area contributed by atoms with Crippen LogP contribution in [0.5, 0.6) is 0 Å². The fourth-order valence-corrected chi connectivity index (χ4v) is 5.24. The van der Waals surface area contributed by atoms with Gasteiger partial charge in [-0.3, -0.25) is 9.59 Å². The van der Waals surface area contributed by atoms with Gasteiger partial charge in [0.2, 0.25) is 5.91 Å². The summed E-state index contributed by atoms with van der Waals surface area (Å²) < 4.78 is 0. The van der Waals surface area contributed by atoms with E-state index in [1.165, 1.54) is 0 Å². The Morgan fingerprint density at radius 3 is 2.61 bits per heavy atom. The molecule has 0 bridgehead atoms. The van der Waals surface area contributed by atoms with Crippen molar-refractivity contribution >= 4 is 23.6 Å². The monoisotopic (exact) mass is 324 g/mol. The van der Waals surface area contributed by atoms with E-state index in [1.54, 1.807) is 23.7 Å². The SMILES string of the molecule is CNC(=O)C1CSC2(c3ccccc3)c3ccccc3C(=O)N12. The lowest BCUT2D eigenvalue weighted by Crippen LogP contribution is -2.49. The molecule has 0 aliphatic carbocycles. The number of thioether (sulfide) groups is 1. The number of nitrogens with one attached hydrogen (secondary N) is 1. The van der Waals surface area contributed by atoms with E-state index in [1.807, 2.05) is 54.6 Å². The lowest BCUT2D eigenvalue weighted by atomic mass is 9.96. The first-order valence-corrected chi connectivity index (χ1v) is 8.53. The zero-order valence-electron chi connectivity index (χ0n) is 12.7. The van der Waals surface area contributed by atoms with Gasteiger partial charge in [0.1, 0.15) is 10.9 Å². The van der Waals surface area contributed by atoms with Gasteiger partial charge < -0.3 is 10.2 Å². The largest absolute Gasteiger partial charge is 0.357 e. The molecule has 2 amide bonds. The van der Waals surface area contributed by atoms with Crippen LogP contribution in [0.3, 0.4) is 0 Å². The van der Waals surface area contributed by atoms with Crippen molar-refractivity contribution < 1.29 is 9.59 Å². The van der Waals surface area contributed by atoms with Gasteiger partial charge in [-0.25, -0.2) is 0 Å². The van der Waals surface area contributed by atoms with Gasteiger partial charge in [0.25, 0.3) is 5.91 Å². The van der Waals surface area contributed by atoms with Crippen LogP contribution in [0, 0.1) is 0 Å². The average molecular weight is 324 g/mol. The predicted octanol–water partition coefficient (Wildman–Crippen LogP) is 2.20. The first kappa shape index (κ1) is 14.3. The highest BCUT2D eigenvalue weighted by Gasteiger charge is 2.59. The smallest absolute Gasteiger partial charge is 0.256 e. The Kier molecular flexibility index (Phi) is 3.20. The fraction of sp³-hybridized carbons (Fsp3) is 0.222. The molecule has 1 fully saturated rings. The topological polar surface area (TPSA) is 49.4 Å². The van der Waals surface area contributed by atoms with Crippen LogP contribution in [0.4, 0.5) is 0 Å². The Bertz CT molecular complexity index is 793. The minimum absolute atomic E-state index is 0.0666. The number of rotatable bonds is 2. The zero-order valence-corrected chi connectivity index (χ0v) is 13.5. The first-order chi connectivity index (χ1) is 11.2. The second-order valence-electron chi connectivity index (χ2n) is 5.67. The maximum atomic E-state index is 13.0. The zero-order chi connectivity index (χ0) is 16.0. The molecular weight excluding hydrogens is 308 g/mol. The molecule has 2 atom stereocenters. The summed E-state index contributed by atoms with van der Waals surface area (Å²) in [5.41, 5.74) is 2.71. The quantitative estimate of drug-likeness (QED) is 0.921. The normalized spacial score (nSPS) is 25.2. The number of hydrogen-bond donors (Lipinski definition) is 1. The Hall–Kier alpha value is -2.27. The molecule has 5 heteroatoms. The van der Waals surface area contributed by atoms with Gasteiger partial charge in [0.15, 0.2) is 0 Å². The summed E-state index contributed by atoms with van der Waals surface area (Å²) in [5.74, 6) is 0.411. The van der Waals surface area contributed by atoms with Crippen molar-refractivity contribution in [1.29, 1.82) is 0 Å².